The van der Waals surface area contributed by atoms with Crippen LogP contribution in [0.2, 0.25) is 5.02 Å². The Morgan fingerprint density at radius 2 is 1.97 bits per heavy atom. The summed E-state index contributed by atoms with van der Waals surface area (Å²) in [6.45, 7) is 1.60. The topological polar surface area (TPSA) is 106 Å². The third kappa shape index (κ3) is 6.52. The van der Waals surface area contributed by atoms with E-state index in [0.717, 1.165) is 13.0 Å². The second-order valence-corrected chi connectivity index (χ2v) is 8.10. The van der Waals surface area contributed by atoms with Crippen LogP contribution in [0.3, 0.4) is 0 Å². The van der Waals surface area contributed by atoms with Crippen molar-refractivity contribution in [2.24, 2.45) is 0 Å². The number of aromatic nitrogens is 2. The van der Waals surface area contributed by atoms with Crippen molar-refractivity contribution in [1.29, 1.82) is 0 Å². The van der Waals surface area contributed by atoms with E-state index in [0.29, 0.717) is 23.2 Å². The Morgan fingerprint density at radius 1 is 1.20 bits per heavy atom. The summed E-state index contributed by atoms with van der Waals surface area (Å²) in [5.74, 6) is -1.02. The lowest BCUT2D eigenvalue weighted by Gasteiger charge is -2.16. The lowest BCUT2D eigenvalue weighted by Crippen LogP contribution is -2.20. The number of carbonyl (C=O) groups is 1. The van der Waals surface area contributed by atoms with E-state index in [-0.39, 0.29) is 40.7 Å². The summed E-state index contributed by atoms with van der Waals surface area (Å²) in [6, 6.07) is 8.61. The van der Waals surface area contributed by atoms with Gasteiger partial charge >= 0.3 is 12.3 Å². The first kappa shape index (κ1) is 24.6. The van der Waals surface area contributed by atoms with E-state index < -0.39 is 12.3 Å². The van der Waals surface area contributed by atoms with Crippen LogP contribution in [0.15, 0.2) is 48.8 Å². The molecular weight excluding hydrogens is 489 g/mol. The van der Waals surface area contributed by atoms with E-state index >= 15 is 0 Å². The maximum atomic E-state index is 12.4. The minimum absolute atomic E-state index is 0.0177. The molecule has 35 heavy (non-hydrogen) atoms. The SMILES string of the molecule is O=C(O)c1cc(-c2cnc(NCc3cccc(OC(F)(F)F)c3)nc2)cc(OC2CCNC2)c1Cl. The van der Waals surface area contributed by atoms with Gasteiger partial charge in [0.05, 0.1) is 10.6 Å². The number of carboxylic acids is 1. The summed E-state index contributed by atoms with van der Waals surface area (Å²) in [7, 11) is 0. The van der Waals surface area contributed by atoms with Gasteiger partial charge in [0.1, 0.15) is 17.6 Å². The number of nitrogens with zero attached hydrogens (tertiary/aromatic N) is 2. The number of benzene rings is 2. The fourth-order valence-corrected chi connectivity index (χ4v) is 3.75. The molecule has 3 aromatic rings. The summed E-state index contributed by atoms with van der Waals surface area (Å²) < 4.78 is 47.1. The Hall–Kier alpha value is -3.57. The number of halogens is 4. The molecule has 1 fully saturated rings. The zero-order valence-corrected chi connectivity index (χ0v) is 18.9. The van der Waals surface area contributed by atoms with Crippen LogP contribution in [0.1, 0.15) is 22.3 Å². The molecule has 0 aliphatic carbocycles. The fraction of sp³-hybridized carbons (Fsp3) is 0.261. The molecule has 2 aromatic carbocycles. The van der Waals surface area contributed by atoms with Crippen LogP contribution in [-0.2, 0) is 6.54 Å². The monoisotopic (exact) mass is 508 g/mol. The summed E-state index contributed by atoms with van der Waals surface area (Å²) in [6.07, 6.45) is -1.13. The minimum atomic E-state index is -4.77. The number of rotatable bonds is 8. The summed E-state index contributed by atoms with van der Waals surface area (Å²) in [5, 5.41) is 15.7. The molecular formula is C23H20ClF3N4O4. The number of nitrogens with one attached hydrogen (secondary N) is 2. The molecule has 2 heterocycles. The molecule has 8 nitrogen and oxygen atoms in total. The van der Waals surface area contributed by atoms with Crippen LogP contribution in [0.5, 0.6) is 11.5 Å². The zero-order valence-electron chi connectivity index (χ0n) is 18.1. The average Bonchev–Trinajstić information content (AvgIpc) is 3.31. The Kier molecular flexibility index (Phi) is 7.27. The smallest absolute Gasteiger partial charge is 0.487 e. The number of alkyl halides is 3. The standard InChI is InChI=1S/C23H20ClF3N4O4/c24-20-18(21(32)33)7-14(8-19(20)34-17-4-5-28-12-17)15-10-30-22(31-11-15)29-9-13-2-1-3-16(6-13)35-23(25,26)27/h1-3,6-8,10-11,17,28H,4-5,9,12H2,(H,32,33)(H,29,30,31). The molecule has 0 bridgehead atoms. The van der Waals surface area contributed by atoms with Gasteiger partial charge < -0.3 is 25.2 Å². The molecule has 1 aliphatic rings. The quantitative estimate of drug-likeness (QED) is 0.400. The molecule has 3 N–H and O–H groups in total. The van der Waals surface area contributed by atoms with Gasteiger partial charge in [0, 0.05) is 31.0 Å². The van der Waals surface area contributed by atoms with E-state index in [4.69, 9.17) is 16.3 Å². The Morgan fingerprint density at radius 3 is 2.63 bits per heavy atom. The fourth-order valence-electron chi connectivity index (χ4n) is 3.52. The van der Waals surface area contributed by atoms with Crippen molar-refractivity contribution in [1.82, 2.24) is 15.3 Å². The summed E-state index contributed by atoms with van der Waals surface area (Å²) >= 11 is 6.27. The van der Waals surface area contributed by atoms with Crippen LogP contribution < -0.4 is 20.1 Å². The van der Waals surface area contributed by atoms with Crippen molar-refractivity contribution >= 4 is 23.5 Å². The van der Waals surface area contributed by atoms with Crippen molar-refractivity contribution in [3.63, 3.8) is 0 Å². The third-order valence-electron chi connectivity index (χ3n) is 5.15. The van der Waals surface area contributed by atoms with Crippen LogP contribution >= 0.6 is 11.6 Å². The average molecular weight is 509 g/mol. The number of anilines is 1. The highest BCUT2D eigenvalue weighted by Crippen LogP contribution is 2.35. The molecule has 12 heteroatoms. The lowest BCUT2D eigenvalue weighted by molar-refractivity contribution is -0.274. The maximum absolute atomic E-state index is 12.4. The summed E-state index contributed by atoms with van der Waals surface area (Å²) in [5.41, 5.74) is 1.47. The molecule has 1 atom stereocenters. The molecule has 184 valence electrons. The van der Waals surface area contributed by atoms with Crippen LogP contribution in [0.4, 0.5) is 19.1 Å². The van der Waals surface area contributed by atoms with Crippen LogP contribution in [-0.4, -0.2) is 46.6 Å². The van der Waals surface area contributed by atoms with Gasteiger partial charge in [0.15, 0.2) is 0 Å². The number of hydrogen-bond acceptors (Lipinski definition) is 7. The van der Waals surface area contributed by atoms with E-state index in [1.807, 2.05) is 0 Å². The van der Waals surface area contributed by atoms with Crippen molar-refractivity contribution in [3.8, 4) is 22.6 Å². The van der Waals surface area contributed by atoms with Gasteiger partial charge in [0.25, 0.3) is 0 Å². The number of ether oxygens (including phenoxy) is 2. The number of hydrogen-bond donors (Lipinski definition) is 3. The van der Waals surface area contributed by atoms with Gasteiger partial charge in [-0.1, -0.05) is 23.7 Å². The molecule has 1 saturated heterocycles. The van der Waals surface area contributed by atoms with Gasteiger partial charge in [-0.2, -0.15) is 0 Å². The minimum Gasteiger partial charge on any atom is -0.487 e. The van der Waals surface area contributed by atoms with E-state index in [9.17, 15) is 23.1 Å². The molecule has 0 amide bonds. The predicted octanol–water partition coefficient (Wildman–Crippen LogP) is 4.75. The Balaban J connectivity index is 1.49. The molecule has 0 radical (unpaired) electrons. The van der Waals surface area contributed by atoms with Gasteiger partial charge in [-0.15, -0.1) is 13.2 Å². The van der Waals surface area contributed by atoms with Crippen LogP contribution in [0.25, 0.3) is 11.1 Å². The van der Waals surface area contributed by atoms with Crippen molar-refractivity contribution in [2.45, 2.75) is 25.4 Å². The normalized spacial score (nSPS) is 15.6. The first-order valence-corrected chi connectivity index (χ1v) is 10.9. The van der Waals surface area contributed by atoms with Gasteiger partial charge in [-0.25, -0.2) is 14.8 Å². The molecule has 4 rings (SSSR count). The first-order chi connectivity index (χ1) is 16.7. The molecule has 0 spiro atoms. The second-order valence-electron chi connectivity index (χ2n) is 7.72. The zero-order chi connectivity index (χ0) is 25.0. The van der Waals surface area contributed by atoms with Crippen molar-refractivity contribution in [3.05, 3.63) is 64.9 Å². The third-order valence-corrected chi connectivity index (χ3v) is 5.54. The van der Waals surface area contributed by atoms with Crippen LogP contribution in [0, 0.1) is 0 Å². The molecule has 1 aliphatic heterocycles. The first-order valence-electron chi connectivity index (χ1n) is 10.5. The van der Waals surface area contributed by atoms with Gasteiger partial charge in [-0.05, 0) is 48.4 Å². The van der Waals surface area contributed by atoms with Gasteiger partial charge in [0.2, 0.25) is 5.95 Å². The highest BCUT2D eigenvalue weighted by Gasteiger charge is 2.31. The lowest BCUT2D eigenvalue weighted by atomic mass is 10.0. The van der Waals surface area contributed by atoms with Crippen molar-refractivity contribution < 1.29 is 32.5 Å². The van der Waals surface area contributed by atoms with Gasteiger partial charge in [-0.3, -0.25) is 0 Å². The number of carboxylic acid groups (broad SMARTS) is 1. The predicted molar refractivity (Wildman–Crippen MR) is 122 cm³/mol. The Bertz CT molecular complexity index is 1200. The highest BCUT2D eigenvalue weighted by molar-refractivity contribution is 6.35. The second kappa shape index (κ2) is 10.4. The maximum Gasteiger partial charge on any atom is 0.573 e. The molecule has 1 unspecified atom stereocenters. The van der Waals surface area contributed by atoms with E-state index in [1.165, 1.54) is 36.7 Å². The number of aromatic carboxylic acids is 1. The van der Waals surface area contributed by atoms with E-state index in [2.05, 4.69) is 25.3 Å². The van der Waals surface area contributed by atoms with Crippen molar-refractivity contribution in [2.75, 3.05) is 18.4 Å². The Labute approximate surface area is 203 Å². The summed E-state index contributed by atoms with van der Waals surface area (Å²) in [4.78, 5) is 20.1. The van der Waals surface area contributed by atoms with E-state index in [1.54, 1.807) is 12.1 Å². The highest BCUT2D eigenvalue weighted by atomic mass is 35.5. The largest absolute Gasteiger partial charge is 0.573 e. The molecule has 0 saturated carbocycles. The molecule has 1 aromatic heterocycles.